The number of fused-ring (bicyclic) bond motifs is 1. The van der Waals surface area contributed by atoms with E-state index in [2.05, 4.69) is 0 Å². The molecule has 13 heavy (non-hydrogen) atoms. The van der Waals surface area contributed by atoms with E-state index >= 15 is 0 Å². The van der Waals surface area contributed by atoms with Crippen LogP contribution in [0.2, 0.25) is 0 Å². The number of carbonyl (C=O) groups is 1. The Hall–Kier alpha value is -0.870. The lowest BCUT2D eigenvalue weighted by molar-refractivity contribution is 0.0403. The van der Waals surface area contributed by atoms with Crippen LogP contribution in [0.3, 0.4) is 0 Å². The number of hydrogen-bond donors (Lipinski definition) is 1. The van der Waals surface area contributed by atoms with Gasteiger partial charge in [-0.05, 0) is 6.07 Å². The van der Waals surface area contributed by atoms with Gasteiger partial charge in [0, 0.05) is 12.1 Å². The highest BCUT2D eigenvalue weighted by atomic mass is 79.9. The van der Waals surface area contributed by atoms with Gasteiger partial charge >= 0.3 is 5.97 Å². The Balaban J connectivity index is 0.000000845. The highest BCUT2D eigenvalue weighted by Crippen LogP contribution is 2.28. The number of cyclic esters (lactones) is 1. The third-order valence-electron chi connectivity index (χ3n) is 1.99. The average molecular weight is 244 g/mol. The molecule has 4 heteroatoms. The maximum Gasteiger partial charge on any atom is 0.339 e. The summed E-state index contributed by atoms with van der Waals surface area (Å²) in [6.45, 7) is 0.350. The van der Waals surface area contributed by atoms with Gasteiger partial charge in [0.05, 0.1) is 5.56 Å². The van der Waals surface area contributed by atoms with E-state index < -0.39 is 0 Å². The number of esters is 1. The van der Waals surface area contributed by atoms with E-state index in [9.17, 15) is 4.79 Å². The first-order valence-electron chi connectivity index (χ1n) is 3.83. The molecule has 1 aromatic rings. The summed E-state index contributed by atoms with van der Waals surface area (Å²) in [5.41, 5.74) is 6.99. The van der Waals surface area contributed by atoms with Crippen molar-refractivity contribution >= 4 is 23.0 Å². The van der Waals surface area contributed by atoms with E-state index in [1.807, 2.05) is 18.2 Å². The van der Waals surface area contributed by atoms with E-state index in [0.717, 1.165) is 5.56 Å². The summed E-state index contributed by atoms with van der Waals surface area (Å²) < 4.78 is 5.02. The molecular weight excluding hydrogens is 234 g/mol. The van der Waals surface area contributed by atoms with Gasteiger partial charge in [-0.15, -0.1) is 17.0 Å². The van der Waals surface area contributed by atoms with Crippen LogP contribution in [0.5, 0.6) is 0 Å². The second-order valence-electron chi connectivity index (χ2n) is 2.72. The molecule has 3 nitrogen and oxygen atoms in total. The number of benzene rings is 1. The predicted molar refractivity (Wildman–Crippen MR) is 54.0 cm³/mol. The zero-order valence-electron chi connectivity index (χ0n) is 6.90. The first kappa shape index (κ1) is 10.2. The monoisotopic (exact) mass is 243 g/mol. The number of ether oxygens (including phenoxy) is 1. The minimum absolute atomic E-state index is 0. The fourth-order valence-electron chi connectivity index (χ4n) is 1.39. The highest BCUT2D eigenvalue weighted by molar-refractivity contribution is 8.93. The van der Waals surface area contributed by atoms with Crippen LogP contribution in [0, 0.1) is 0 Å². The van der Waals surface area contributed by atoms with Crippen molar-refractivity contribution in [2.75, 3.05) is 6.54 Å². The molecule has 1 aromatic carbocycles. The second-order valence-corrected chi connectivity index (χ2v) is 2.72. The van der Waals surface area contributed by atoms with Gasteiger partial charge in [0.25, 0.3) is 0 Å². The summed E-state index contributed by atoms with van der Waals surface area (Å²) in [4.78, 5) is 11.2. The first-order valence-corrected chi connectivity index (χ1v) is 3.83. The molecule has 0 saturated carbocycles. The van der Waals surface area contributed by atoms with Gasteiger partial charge in [-0.3, -0.25) is 0 Å². The van der Waals surface area contributed by atoms with Gasteiger partial charge in [0.15, 0.2) is 0 Å². The van der Waals surface area contributed by atoms with Crippen LogP contribution in [0.1, 0.15) is 22.0 Å². The Labute approximate surface area is 86.6 Å². The summed E-state index contributed by atoms with van der Waals surface area (Å²) in [5, 5.41) is 0. The molecule has 1 aliphatic heterocycles. The molecule has 0 bridgehead atoms. The Morgan fingerprint density at radius 2 is 2.08 bits per heavy atom. The van der Waals surface area contributed by atoms with E-state index in [1.165, 1.54) is 0 Å². The van der Waals surface area contributed by atoms with Crippen LogP contribution in [0.25, 0.3) is 0 Å². The molecule has 1 unspecified atom stereocenters. The van der Waals surface area contributed by atoms with Gasteiger partial charge in [-0.2, -0.15) is 0 Å². The molecule has 70 valence electrons. The summed E-state index contributed by atoms with van der Waals surface area (Å²) in [7, 11) is 0. The van der Waals surface area contributed by atoms with Gasteiger partial charge in [-0.25, -0.2) is 4.79 Å². The molecule has 1 atom stereocenters. The highest BCUT2D eigenvalue weighted by Gasteiger charge is 2.28. The van der Waals surface area contributed by atoms with Crippen molar-refractivity contribution in [2.45, 2.75) is 6.10 Å². The normalized spacial score (nSPS) is 18.8. The third-order valence-corrected chi connectivity index (χ3v) is 1.99. The Morgan fingerprint density at radius 1 is 1.38 bits per heavy atom. The standard InChI is InChI=1S/C9H9NO2.BrH/c10-5-8-6-3-1-2-4-7(6)9(11)12-8;/h1-4,8H,5,10H2;1H. The molecule has 2 N–H and O–H groups in total. The van der Waals surface area contributed by atoms with Gasteiger partial charge in [0.1, 0.15) is 6.10 Å². The van der Waals surface area contributed by atoms with Crippen molar-refractivity contribution in [3.05, 3.63) is 35.4 Å². The van der Waals surface area contributed by atoms with Gasteiger partial charge in [0.2, 0.25) is 0 Å². The average Bonchev–Trinajstić information content (AvgIpc) is 2.44. The lowest BCUT2D eigenvalue weighted by atomic mass is 10.1. The lowest BCUT2D eigenvalue weighted by Crippen LogP contribution is -2.11. The van der Waals surface area contributed by atoms with E-state index in [-0.39, 0.29) is 29.1 Å². The van der Waals surface area contributed by atoms with Crippen LogP contribution in [0.15, 0.2) is 24.3 Å². The van der Waals surface area contributed by atoms with Crippen molar-refractivity contribution in [2.24, 2.45) is 5.73 Å². The smallest absolute Gasteiger partial charge is 0.339 e. The third kappa shape index (κ3) is 1.59. The number of carbonyl (C=O) groups excluding carboxylic acids is 1. The van der Waals surface area contributed by atoms with Crippen LogP contribution < -0.4 is 5.73 Å². The van der Waals surface area contributed by atoms with E-state index in [0.29, 0.717) is 12.1 Å². The zero-order chi connectivity index (χ0) is 8.55. The molecule has 1 heterocycles. The summed E-state index contributed by atoms with van der Waals surface area (Å²) in [6, 6.07) is 7.33. The molecule has 0 saturated heterocycles. The molecule has 0 spiro atoms. The van der Waals surface area contributed by atoms with Crippen molar-refractivity contribution in [3.8, 4) is 0 Å². The van der Waals surface area contributed by atoms with Crippen molar-refractivity contribution in [1.82, 2.24) is 0 Å². The fourth-order valence-corrected chi connectivity index (χ4v) is 1.39. The molecule has 0 aliphatic carbocycles. The quantitative estimate of drug-likeness (QED) is 0.760. The summed E-state index contributed by atoms with van der Waals surface area (Å²) in [5.74, 6) is -0.263. The minimum Gasteiger partial charge on any atom is -0.452 e. The minimum atomic E-state index is -0.263. The molecule has 0 amide bonds. The number of hydrogen-bond acceptors (Lipinski definition) is 3. The number of halogens is 1. The van der Waals surface area contributed by atoms with Crippen molar-refractivity contribution in [3.63, 3.8) is 0 Å². The first-order chi connectivity index (χ1) is 5.83. The Morgan fingerprint density at radius 3 is 2.77 bits per heavy atom. The summed E-state index contributed by atoms with van der Waals surface area (Å²) >= 11 is 0. The van der Waals surface area contributed by atoms with Crippen LogP contribution in [0.4, 0.5) is 0 Å². The molecular formula is C9H10BrNO2. The second kappa shape index (κ2) is 3.89. The number of rotatable bonds is 1. The number of nitrogens with two attached hydrogens (primary N) is 1. The lowest BCUT2D eigenvalue weighted by Gasteiger charge is -2.05. The topological polar surface area (TPSA) is 52.3 Å². The van der Waals surface area contributed by atoms with E-state index in [1.54, 1.807) is 6.07 Å². The van der Waals surface area contributed by atoms with Gasteiger partial charge < -0.3 is 10.5 Å². The van der Waals surface area contributed by atoms with Crippen LogP contribution >= 0.6 is 17.0 Å². The van der Waals surface area contributed by atoms with Crippen LogP contribution in [-0.2, 0) is 4.74 Å². The summed E-state index contributed by atoms with van der Waals surface area (Å²) in [6.07, 6.45) is -0.242. The Kier molecular flexibility index (Phi) is 3.06. The predicted octanol–water partition coefficient (Wildman–Crippen LogP) is 1.43. The SMILES string of the molecule is Br.NCC1OC(=O)c2ccccc21. The maximum absolute atomic E-state index is 11.2. The van der Waals surface area contributed by atoms with Crippen LogP contribution in [-0.4, -0.2) is 12.5 Å². The van der Waals surface area contributed by atoms with Crippen molar-refractivity contribution in [1.29, 1.82) is 0 Å². The Bertz CT molecular complexity index is 327. The molecule has 0 fully saturated rings. The van der Waals surface area contributed by atoms with Gasteiger partial charge in [-0.1, -0.05) is 18.2 Å². The van der Waals surface area contributed by atoms with E-state index in [4.69, 9.17) is 10.5 Å². The molecule has 0 radical (unpaired) electrons. The largest absolute Gasteiger partial charge is 0.452 e. The molecule has 1 aliphatic rings. The fraction of sp³-hybridized carbons (Fsp3) is 0.222. The molecule has 0 aromatic heterocycles. The van der Waals surface area contributed by atoms with Crippen molar-refractivity contribution < 1.29 is 9.53 Å². The zero-order valence-corrected chi connectivity index (χ0v) is 8.61. The maximum atomic E-state index is 11.2. The molecule has 2 rings (SSSR count).